The van der Waals surface area contributed by atoms with Gasteiger partial charge in [-0.15, -0.1) is 0 Å². The van der Waals surface area contributed by atoms with Crippen LogP contribution in [0.4, 0.5) is 0 Å². The van der Waals surface area contributed by atoms with Crippen LogP contribution in [0.5, 0.6) is 0 Å². The minimum atomic E-state index is -0.171. The van der Waals surface area contributed by atoms with Crippen molar-refractivity contribution in [2.24, 2.45) is 5.41 Å². The summed E-state index contributed by atoms with van der Waals surface area (Å²) in [7, 11) is 1.73. The fourth-order valence-electron chi connectivity index (χ4n) is 3.94. The van der Waals surface area contributed by atoms with Gasteiger partial charge in [-0.1, -0.05) is 6.07 Å². The van der Waals surface area contributed by atoms with Gasteiger partial charge in [0.1, 0.15) is 0 Å². The lowest BCUT2D eigenvalue weighted by atomic mass is 9.78. The Balaban J connectivity index is 1.65. The van der Waals surface area contributed by atoms with E-state index in [1.54, 1.807) is 7.11 Å². The van der Waals surface area contributed by atoms with E-state index in [0.717, 1.165) is 63.4 Å². The van der Waals surface area contributed by atoms with E-state index < -0.39 is 0 Å². The molecule has 23 heavy (non-hydrogen) atoms. The molecule has 1 spiro atoms. The number of aromatic nitrogens is 1. The fraction of sp³-hybridized carbons (Fsp3) is 0.667. The van der Waals surface area contributed by atoms with Gasteiger partial charge in [-0.2, -0.15) is 0 Å². The molecule has 1 aromatic heterocycles. The van der Waals surface area contributed by atoms with Crippen molar-refractivity contribution in [3.05, 3.63) is 29.6 Å². The minimum Gasteiger partial charge on any atom is -0.383 e. The number of rotatable bonds is 5. The number of nitrogens with zero attached hydrogens (tertiary/aromatic N) is 3. The number of carbonyl (C=O) groups excluding carboxylic acids is 1. The summed E-state index contributed by atoms with van der Waals surface area (Å²) < 4.78 is 5.19. The molecule has 2 fully saturated rings. The highest BCUT2D eigenvalue weighted by molar-refractivity contribution is 5.85. The van der Waals surface area contributed by atoms with Crippen molar-refractivity contribution in [3.8, 4) is 0 Å². The van der Waals surface area contributed by atoms with Crippen molar-refractivity contribution in [3.63, 3.8) is 0 Å². The van der Waals surface area contributed by atoms with Crippen LogP contribution in [0.2, 0.25) is 0 Å². The average molecular weight is 317 g/mol. The summed E-state index contributed by atoms with van der Waals surface area (Å²) in [5.41, 5.74) is 1.82. The van der Waals surface area contributed by atoms with Crippen molar-refractivity contribution >= 4 is 5.91 Å². The molecule has 5 heteroatoms. The predicted molar refractivity (Wildman–Crippen MR) is 89.0 cm³/mol. The molecule has 2 saturated heterocycles. The molecule has 1 amide bonds. The van der Waals surface area contributed by atoms with Crippen LogP contribution in [-0.2, 0) is 16.1 Å². The van der Waals surface area contributed by atoms with E-state index in [9.17, 15) is 4.79 Å². The molecular weight excluding hydrogens is 290 g/mol. The van der Waals surface area contributed by atoms with E-state index in [0.29, 0.717) is 12.5 Å². The zero-order valence-electron chi connectivity index (χ0n) is 14.3. The quantitative estimate of drug-likeness (QED) is 0.831. The van der Waals surface area contributed by atoms with Crippen molar-refractivity contribution in [1.82, 2.24) is 14.8 Å². The third-order valence-electron chi connectivity index (χ3n) is 5.17. The van der Waals surface area contributed by atoms with Gasteiger partial charge in [0.25, 0.3) is 0 Å². The lowest BCUT2D eigenvalue weighted by Crippen LogP contribution is -2.48. The molecule has 0 aromatic carbocycles. The molecule has 126 valence electrons. The standard InChI is InChI=1S/C18H27N3O2/c1-15-5-3-6-16(19-15)13-21-10-8-18(17(21)22)7-4-9-20(14-18)11-12-23-2/h3,5-6H,4,7-14H2,1-2H3. The van der Waals surface area contributed by atoms with Crippen LogP contribution in [-0.4, -0.2) is 60.6 Å². The molecule has 3 rings (SSSR count). The SMILES string of the molecule is COCCN1CCCC2(CCN(Cc3cccc(C)n3)C2=O)C1. The summed E-state index contributed by atoms with van der Waals surface area (Å²) in [6, 6.07) is 6.02. The Hall–Kier alpha value is -1.46. The monoisotopic (exact) mass is 317 g/mol. The molecule has 0 aliphatic carbocycles. The lowest BCUT2D eigenvalue weighted by molar-refractivity contribution is -0.139. The van der Waals surface area contributed by atoms with Gasteiger partial charge in [0.05, 0.1) is 24.3 Å². The van der Waals surface area contributed by atoms with E-state index in [1.165, 1.54) is 0 Å². The number of hydrogen-bond donors (Lipinski definition) is 0. The zero-order valence-corrected chi connectivity index (χ0v) is 14.3. The number of carbonyl (C=O) groups is 1. The van der Waals surface area contributed by atoms with Crippen LogP contribution in [0.15, 0.2) is 18.2 Å². The number of ether oxygens (including phenoxy) is 1. The van der Waals surface area contributed by atoms with Gasteiger partial charge in [-0.05, 0) is 44.9 Å². The molecule has 3 heterocycles. The van der Waals surface area contributed by atoms with Crippen LogP contribution in [0.25, 0.3) is 0 Å². The second-order valence-corrected chi connectivity index (χ2v) is 6.90. The van der Waals surface area contributed by atoms with Crippen LogP contribution in [0, 0.1) is 12.3 Å². The van der Waals surface area contributed by atoms with Gasteiger partial charge < -0.3 is 9.64 Å². The average Bonchev–Trinajstić information content (AvgIpc) is 2.83. The molecule has 1 aromatic rings. The maximum Gasteiger partial charge on any atom is 0.230 e. The molecule has 1 unspecified atom stereocenters. The number of amides is 1. The molecule has 0 saturated carbocycles. The van der Waals surface area contributed by atoms with Gasteiger partial charge in [-0.3, -0.25) is 14.7 Å². The number of aryl methyl sites for hydroxylation is 1. The summed E-state index contributed by atoms with van der Waals surface area (Å²) in [5, 5.41) is 0. The number of pyridine rings is 1. The number of piperidine rings is 1. The van der Waals surface area contributed by atoms with Crippen LogP contribution in [0.1, 0.15) is 30.7 Å². The first kappa shape index (κ1) is 16.4. The van der Waals surface area contributed by atoms with E-state index in [-0.39, 0.29) is 5.41 Å². The summed E-state index contributed by atoms with van der Waals surface area (Å²) >= 11 is 0. The van der Waals surface area contributed by atoms with Gasteiger partial charge in [0.2, 0.25) is 5.91 Å². The highest BCUT2D eigenvalue weighted by Gasteiger charge is 2.48. The smallest absolute Gasteiger partial charge is 0.230 e. The Morgan fingerprint density at radius 3 is 2.96 bits per heavy atom. The highest BCUT2D eigenvalue weighted by atomic mass is 16.5. The first-order valence-corrected chi connectivity index (χ1v) is 8.56. The summed E-state index contributed by atoms with van der Waals surface area (Å²) in [6.07, 6.45) is 3.10. The fourth-order valence-corrected chi connectivity index (χ4v) is 3.94. The second kappa shape index (κ2) is 6.97. The second-order valence-electron chi connectivity index (χ2n) is 6.90. The third kappa shape index (κ3) is 3.56. The van der Waals surface area contributed by atoms with E-state index in [4.69, 9.17) is 4.74 Å². The van der Waals surface area contributed by atoms with Crippen LogP contribution in [0.3, 0.4) is 0 Å². The maximum atomic E-state index is 13.0. The Morgan fingerprint density at radius 1 is 1.30 bits per heavy atom. The van der Waals surface area contributed by atoms with Gasteiger partial charge in [0, 0.05) is 32.4 Å². The van der Waals surface area contributed by atoms with Crippen molar-refractivity contribution in [2.45, 2.75) is 32.7 Å². The highest BCUT2D eigenvalue weighted by Crippen LogP contribution is 2.40. The van der Waals surface area contributed by atoms with Gasteiger partial charge >= 0.3 is 0 Å². The molecule has 0 N–H and O–H groups in total. The molecule has 0 radical (unpaired) electrons. The van der Waals surface area contributed by atoms with Crippen molar-refractivity contribution in [2.75, 3.05) is 39.9 Å². The summed E-state index contributed by atoms with van der Waals surface area (Å²) in [5.74, 6) is 0.322. The first-order chi connectivity index (χ1) is 11.1. The van der Waals surface area contributed by atoms with Crippen molar-refractivity contribution < 1.29 is 9.53 Å². The molecular formula is C18H27N3O2. The normalized spacial score (nSPS) is 25.5. The van der Waals surface area contributed by atoms with Crippen molar-refractivity contribution in [1.29, 1.82) is 0 Å². The molecule has 2 aliphatic rings. The zero-order chi connectivity index (χ0) is 16.3. The van der Waals surface area contributed by atoms with Crippen LogP contribution < -0.4 is 0 Å². The minimum absolute atomic E-state index is 0.171. The Bertz CT molecular complexity index is 563. The number of methoxy groups -OCH3 is 1. The van der Waals surface area contributed by atoms with E-state index >= 15 is 0 Å². The number of likely N-dealkylation sites (tertiary alicyclic amines) is 2. The molecule has 2 aliphatic heterocycles. The largest absolute Gasteiger partial charge is 0.383 e. The number of hydrogen-bond acceptors (Lipinski definition) is 4. The maximum absolute atomic E-state index is 13.0. The van der Waals surface area contributed by atoms with Crippen LogP contribution >= 0.6 is 0 Å². The summed E-state index contributed by atoms with van der Waals surface area (Å²) in [6.45, 7) is 7.11. The Labute approximate surface area is 138 Å². The summed E-state index contributed by atoms with van der Waals surface area (Å²) in [4.78, 5) is 22.0. The molecule has 5 nitrogen and oxygen atoms in total. The molecule has 0 bridgehead atoms. The third-order valence-corrected chi connectivity index (χ3v) is 5.17. The predicted octanol–water partition coefficient (Wildman–Crippen LogP) is 1.85. The van der Waals surface area contributed by atoms with Gasteiger partial charge in [-0.25, -0.2) is 0 Å². The lowest BCUT2D eigenvalue weighted by Gasteiger charge is -2.39. The van der Waals surface area contributed by atoms with E-state index in [1.807, 2.05) is 30.0 Å². The molecule has 1 atom stereocenters. The topological polar surface area (TPSA) is 45.7 Å². The van der Waals surface area contributed by atoms with E-state index in [2.05, 4.69) is 9.88 Å². The Kier molecular flexibility index (Phi) is 4.97. The van der Waals surface area contributed by atoms with Gasteiger partial charge in [0.15, 0.2) is 0 Å². The Morgan fingerprint density at radius 2 is 2.17 bits per heavy atom. The first-order valence-electron chi connectivity index (χ1n) is 8.56.